The first-order valence-electron chi connectivity index (χ1n) is 22.0. The molecular formula is C62H42N2. The Kier molecular flexibility index (Phi) is 9.20. The minimum absolute atomic E-state index is 1.10. The maximum atomic E-state index is 2.41. The fourth-order valence-electron chi connectivity index (χ4n) is 9.63. The van der Waals surface area contributed by atoms with Gasteiger partial charge in [0, 0.05) is 33.4 Å². The molecule has 0 aliphatic heterocycles. The van der Waals surface area contributed by atoms with Crippen LogP contribution in [0.2, 0.25) is 0 Å². The van der Waals surface area contributed by atoms with Gasteiger partial charge in [-0.25, -0.2) is 0 Å². The van der Waals surface area contributed by atoms with Gasteiger partial charge in [-0.2, -0.15) is 0 Å². The van der Waals surface area contributed by atoms with Gasteiger partial charge in [0.25, 0.3) is 0 Å². The lowest BCUT2D eigenvalue weighted by Crippen LogP contribution is -2.09. The first-order valence-corrected chi connectivity index (χ1v) is 22.0. The van der Waals surface area contributed by atoms with Gasteiger partial charge in [0.05, 0.1) is 16.7 Å². The number of nitrogens with zero attached hydrogens (tertiary/aromatic N) is 2. The maximum absolute atomic E-state index is 2.41. The van der Waals surface area contributed by atoms with Gasteiger partial charge in [0.1, 0.15) is 0 Å². The van der Waals surface area contributed by atoms with E-state index in [4.69, 9.17) is 0 Å². The lowest BCUT2D eigenvalue weighted by Gasteiger charge is -2.26. The number of rotatable bonds is 8. The summed E-state index contributed by atoms with van der Waals surface area (Å²) in [7, 11) is 0. The Morgan fingerprint density at radius 2 is 0.656 bits per heavy atom. The molecule has 12 aromatic rings. The van der Waals surface area contributed by atoms with Gasteiger partial charge in [0.15, 0.2) is 0 Å². The standard InChI is InChI=1S/C62H42N2/c1-2-14-51-42-54(41-36-43(51)12-1)63(52-37-32-46(33-38-52)44-24-28-49(29-25-44)56-20-11-15-48-13-3-4-16-55(48)56)53-39-34-47(35-40-53)45-26-30-50(31-27-45)57-17-5-8-21-60(57)64-61-22-9-6-18-58(61)59-19-7-10-23-62(59)64/h1-42H. The highest BCUT2D eigenvalue weighted by atomic mass is 15.1. The van der Waals surface area contributed by atoms with Crippen molar-refractivity contribution >= 4 is 60.4 Å². The van der Waals surface area contributed by atoms with Crippen molar-refractivity contribution in [1.29, 1.82) is 0 Å². The van der Waals surface area contributed by atoms with E-state index in [0.29, 0.717) is 0 Å². The third-order valence-corrected chi connectivity index (χ3v) is 12.8. The van der Waals surface area contributed by atoms with Crippen LogP contribution >= 0.6 is 0 Å². The van der Waals surface area contributed by atoms with Crippen LogP contribution in [0.25, 0.3) is 93.5 Å². The quantitative estimate of drug-likeness (QED) is 0.148. The molecule has 12 rings (SSSR count). The molecular weight excluding hydrogens is 773 g/mol. The van der Waals surface area contributed by atoms with Crippen LogP contribution in [0.15, 0.2) is 255 Å². The number of anilines is 3. The molecule has 11 aromatic carbocycles. The average Bonchev–Trinajstić information content (AvgIpc) is 3.71. The molecule has 0 saturated heterocycles. The summed E-state index contributed by atoms with van der Waals surface area (Å²) in [4.78, 5) is 2.36. The zero-order valence-electron chi connectivity index (χ0n) is 35.1. The number of hydrogen-bond acceptors (Lipinski definition) is 1. The van der Waals surface area contributed by atoms with Gasteiger partial charge in [-0.1, -0.05) is 200 Å². The van der Waals surface area contributed by atoms with Crippen LogP contribution in [0, 0.1) is 0 Å². The Morgan fingerprint density at radius 3 is 1.27 bits per heavy atom. The fraction of sp³-hybridized carbons (Fsp3) is 0. The van der Waals surface area contributed by atoms with Crippen molar-refractivity contribution in [3.63, 3.8) is 0 Å². The lowest BCUT2D eigenvalue weighted by atomic mass is 9.96. The second-order valence-corrected chi connectivity index (χ2v) is 16.5. The summed E-state index contributed by atoms with van der Waals surface area (Å²) in [6.45, 7) is 0. The Labute approximate surface area is 373 Å². The third-order valence-electron chi connectivity index (χ3n) is 12.8. The number of benzene rings is 11. The van der Waals surface area contributed by atoms with Crippen LogP contribution in [-0.4, -0.2) is 4.57 Å². The Hall–Kier alpha value is -8.46. The molecule has 0 spiro atoms. The van der Waals surface area contributed by atoms with Crippen LogP contribution < -0.4 is 4.90 Å². The highest BCUT2D eigenvalue weighted by molar-refractivity contribution is 6.09. The molecule has 300 valence electrons. The van der Waals surface area contributed by atoms with E-state index in [9.17, 15) is 0 Å². The van der Waals surface area contributed by atoms with E-state index < -0.39 is 0 Å². The predicted octanol–water partition coefficient (Wildman–Crippen LogP) is 17.2. The van der Waals surface area contributed by atoms with Crippen molar-refractivity contribution in [2.45, 2.75) is 0 Å². The van der Waals surface area contributed by atoms with Crippen molar-refractivity contribution in [3.8, 4) is 50.2 Å². The van der Waals surface area contributed by atoms with Crippen molar-refractivity contribution in [1.82, 2.24) is 4.57 Å². The summed E-state index contributed by atoms with van der Waals surface area (Å²) in [5.41, 5.74) is 16.5. The third kappa shape index (κ3) is 6.61. The van der Waals surface area contributed by atoms with Crippen molar-refractivity contribution in [2.24, 2.45) is 0 Å². The Bertz CT molecular complexity index is 3580. The zero-order valence-corrected chi connectivity index (χ0v) is 35.1. The van der Waals surface area contributed by atoms with Crippen molar-refractivity contribution in [2.75, 3.05) is 4.90 Å². The first-order chi connectivity index (χ1) is 31.7. The second-order valence-electron chi connectivity index (χ2n) is 16.5. The molecule has 0 bridgehead atoms. The van der Waals surface area contributed by atoms with Crippen LogP contribution in [0.5, 0.6) is 0 Å². The molecule has 0 amide bonds. The summed E-state index contributed by atoms with van der Waals surface area (Å²) in [5, 5.41) is 7.50. The summed E-state index contributed by atoms with van der Waals surface area (Å²) in [5.74, 6) is 0. The summed E-state index contributed by atoms with van der Waals surface area (Å²) in [6, 6.07) is 92.6. The smallest absolute Gasteiger partial charge is 0.0541 e. The highest BCUT2D eigenvalue weighted by Crippen LogP contribution is 2.40. The zero-order chi connectivity index (χ0) is 42.4. The monoisotopic (exact) mass is 814 g/mol. The highest BCUT2D eigenvalue weighted by Gasteiger charge is 2.17. The van der Waals surface area contributed by atoms with E-state index in [-0.39, 0.29) is 0 Å². The first kappa shape index (κ1) is 37.3. The van der Waals surface area contributed by atoms with Gasteiger partial charge >= 0.3 is 0 Å². The predicted molar refractivity (Wildman–Crippen MR) is 272 cm³/mol. The largest absolute Gasteiger partial charge is 0.310 e. The van der Waals surface area contributed by atoms with Crippen molar-refractivity contribution in [3.05, 3.63) is 255 Å². The number of fused-ring (bicyclic) bond motifs is 5. The summed E-state index contributed by atoms with van der Waals surface area (Å²) in [6.07, 6.45) is 0. The van der Waals surface area contributed by atoms with Gasteiger partial charge in [-0.15, -0.1) is 0 Å². The molecule has 2 heteroatoms. The molecule has 64 heavy (non-hydrogen) atoms. The molecule has 0 atom stereocenters. The normalized spacial score (nSPS) is 11.4. The fourth-order valence-corrected chi connectivity index (χ4v) is 9.63. The van der Waals surface area contributed by atoms with Crippen LogP contribution in [0.4, 0.5) is 17.1 Å². The molecule has 0 aliphatic carbocycles. The SMILES string of the molecule is c1ccc(-n2c3ccccc3c3ccccc32)c(-c2ccc(-c3ccc(N(c4ccc(-c5ccc(-c6cccc7ccccc67)cc5)cc4)c4ccc5ccccc5c4)cc3)cc2)c1. The molecule has 0 saturated carbocycles. The van der Waals surface area contributed by atoms with Crippen molar-refractivity contribution < 1.29 is 0 Å². The lowest BCUT2D eigenvalue weighted by molar-refractivity contribution is 1.18. The van der Waals surface area contributed by atoms with Gasteiger partial charge in [-0.3, -0.25) is 0 Å². The summed E-state index contributed by atoms with van der Waals surface area (Å²) >= 11 is 0. The van der Waals surface area contributed by atoms with E-state index in [2.05, 4.69) is 264 Å². The minimum atomic E-state index is 1.10. The van der Waals surface area contributed by atoms with E-state index in [0.717, 1.165) is 17.1 Å². The van der Waals surface area contributed by atoms with E-state index in [1.54, 1.807) is 0 Å². The number of para-hydroxylation sites is 3. The van der Waals surface area contributed by atoms with Crippen LogP contribution in [0.1, 0.15) is 0 Å². The molecule has 0 radical (unpaired) electrons. The topological polar surface area (TPSA) is 8.17 Å². The van der Waals surface area contributed by atoms with Gasteiger partial charge in [0.2, 0.25) is 0 Å². The van der Waals surface area contributed by atoms with E-state index in [1.165, 1.54) is 93.5 Å². The Balaban J connectivity index is 0.856. The number of aromatic nitrogens is 1. The molecule has 0 unspecified atom stereocenters. The molecule has 2 nitrogen and oxygen atoms in total. The van der Waals surface area contributed by atoms with Crippen LogP contribution in [-0.2, 0) is 0 Å². The molecule has 0 N–H and O–H groups in total. The summed E-state index contributed by atoms with van der Waals surface area (Å²) < 4.78 is 2.41. The van der Waals surface area contributed by atoms with Gasteiger partial charge < -0.3 is 9.47 Å². The molecule has 1 heterocycles. The van der Waals surface area contributed by atoms with Gasteiger partial charge in [-0.05, 0) is 115 Å². The maximum Gasteiger partial charge on any atom is 0.0541 e. The number of hydrogen-bond donors (Lipinski definition) is 0. The van der Waals surface area contributed by atoms with E-state index >= 15 is 0 Å². The average molecular weight is 815 g/mol. The second kappa shape index (κ2) is 15.8. The molecule has 0 fully saturated rings. The Morgan fingerprint density at radius 1 is 0.250 bits per heavy atom. The molecule has 0 aliphatic rings. The van der Waals surface area contributed by atoms with Crippen LogP contribution in [0.3, 0.4) is 0 Å². The molecule has 1 aromatic heterocycles. The minimum Gasteiger partial charge on any atom is -0.310 e. The van der Waals surface area contributed by atoms with E-state index in [1.807, 2.05) is 0 Å².